The molecule has 19 heavy (non-hydrogen) atoms. The maximum Gasteiger partial charge on any atom is 0.160 e. The van der Waals surface area contributed by atoms with Crippen molar-refractivity contribution >= 4 is 17.4 Å². The van der Waals surface area contributed by atoms with Gasteiger partial charge in [0.05, 0.1) is 13.2 Å². The average Bonchev–Trinajstić information content (AvgIpc) is 2.39. The molecule has 0 aliphatic carbocycles. The van der Waals surface area contributed by atoms with E-state index in [9.17, 15) is 5.11 Å². The number of benzene rings is 1. The van der Waals surface area contributed by atoms with E-state index in [-0.39, 0.29) is 11.8 Å². The van der Waals surface area contributed by atoms with Crippen LogP contribution in [-0.2, 0) is 0 Å². The number of phenols is 1. The Kier molecular flexibility index (Phi) is 4.12. The number of aromatic nitrogens is 1. The molecule has 100 valence electrons. The summed E-state index contributed by atoms with van der Waals surface area (Å²) in [4.78, 5) is 4.17. The highest BCUT2D eigenvalue weighted by Crippen LogP contribution is 2.29. The summed E-state index contributed by atoms with van der Waals surface area (Å²) in [5.74, 6) is 1.27. The van der Waals surface area contributed by atoms with Gasteiger partial charge >= 0.3 is 0 Å². The number of nitrogens with zero attached hydrogens (tertiary/aromatic N) is 1. The zero-order valence-corrected chi connectivity index (χ0v) is 11.5. The van der Waals surface area contributed by atoms with Crippen LogP contribution in [0.25, 0.3) is 0 Å². The Labute approximate surface area is 117 Å². The van der Waals surface area contributed by atoms with Gasteiger partial charge in [-0.25, -0.2) is 4.98 Å². The fraction of sp³-hybridized carbons (Fsp3) is 0.214. The molecule has 1 atom stereocenters. The minimum atomic E-state index is 0.0143. The van der Waals surface area contributed by atoms with E-state index in [1.54, 1.807) is 18.2 Å². The number of hydrogen-bond acceptors (Lipinski definition) is 4. The number of nitrogens with one attached hydrogen (secondary N) is 1. The van der Waals surface area contributed by atoms with Gasteiger partial charge < -0.3 is 15.2 Å². The largest absolute Gasteiger partial charge is 0.504 e. The molecule has 0 aliphatic rings. The minimum absolute atomic E-state index is 0.0143. The molecule has 1 heterocycles. The second-order valence-electron chi connectivity index (χ2n) is 4.14. The van der Waals surface area contributed by atoms with Crippen molar-refractivity contribution in [3.63, 3.8) is 0 Å². The fourth-order valence-electron chi connectivity index (χ4n) is 1.76. The van der Waals surface area contributed by atoms with Crippen molar-refractivity contribution in [3.05, 3.63) is 47.1 Å². The molecule has 0 aliphatic heterocycles. The summed E-state index contributed by atoms with van der Waals surface area (Å²) in [6.45, 7) is 1.99. The fourth-order valence-corrected chi connectivity index (χ4v) is 1.92. The van der Waals surface area contributed by atoms with Crippen molar-refractivity contribution in [3.8, 4) is 11.5 Å². The second kappa shape index (κ2) is 5.80. The van der Waals surface area contributed by atoms with E-state index < -0.39 is 0 Å². The lowest BCUT2D eigenvalue weighted by atomic mass is 10.1. The summed E-state index contributed by atoms with van der Waals surface area (Å²) in [5, 5.41) is 13.2. The molecule has 2 aromatic rings. The first kappa shape index (κ1) is 13.5. The van der Waals surface area contributed by atoms with Crippen molar-refractivity contribution in [1.29, 1.82) is 0 Å². The summed E-state index contributed by atoms with van der Waals surface area (Å²) in [6, 6.07) is 10.7. The van der Waals surface area contributed by atoms with E-state index >= 15 is 0 Å². The van der Waals surface area contributed by atoms with Gasteiger partial charge in [-0.05, 0) is 36.8 Å². The standard InChI is InChI=1S/C14H15ClN2O2/c1-9(16-14-5-3-4-13(15)17-14)10-6-7-11(18)12(8-10)19-2/h3-9,18H,1-2H3,(H,16,17). The SMILES string of the molecule is COc1cc(C(C)Nc2cccc(Cl)n2)ccc1O. The first-order valence-electron chi connectivity index (χ1n) is 5.86. The third kappa shape index (κ3) is 3.29. The van der Waals surface area contributed by atoms with Crippen LogP contribution in [-0.4, -0.2) is 17.2 Å². The van der Waals surface area contributed by atoms with Gasteiger partial charge in [0.15, 0.2) is 11.5 Å². The van der Waals surface area contributed by atoms with Crippen LogP contribution in [0.15, 0.2) is 36.4 Å². The van der Waals surface area contributed by atoms with E-state index in [1.165, 1.54) is 7.11 Å². The van der Waals surface area contributed by atoms with Crippen molar-refractivity contribution in [2.75, 3.05) is 12.4 Å². The summed E-state index contributed by atoms with van der Waals surface area (Å²) in [5.41, 5.74) is 0.983. The highest BCUT2D eigenvalue weighted by atomic mass is 35.5. The predicted molar refractivity (Wildman–Crippen MR) is 75.9 cm³/mol. The molecule has 1 aromatic heterocycles. The Morgan fingerprint density at radius 1 is 1.32 bits per heavy atom. The molecule has 2 N–H and O–H groups in total. The molecule has 0 radical (unpaired) electrons. The van der Waals surface area contributed by atoms with Gasteiger partial charge in [0, 0.05) is 0 Å². The summed E-state index contributed by atoms with van der Waals surface area (Å²) < 4.78 is 5.09. The van der Waals surface area contributed by atoms with Crippen LogP contribution in [0.1, 0.15) is 18.5 Å². The van der Waals surface area contributed by atoms with Crippen LogP contribution in [0.4, 0.5) is 5.82 Å². The number of halogens is 1. The highest BCUT2D eigenvalue weighted by Gasteiger charge is 2.09. The quantitative estimate of drug-likeness (QED) is 0.839. The van der Waals surface area contributed by atoms with Gasteiger partial charge in [-0.2, -0.15) is 0 Å². The third-order valence-electron chi connectivity index (χ3n) is 2.78. The molecule has 2 rings (SSSR count). The van der Waals surface area contributed by atoms with Crippen molar-refractivity contribution < 1.29 is 9.84 Å². The molecule has 0 bridgehead atoms. The van der Waals surface area contributed by atoms with Gasteiger partial charge in [0.2, 0.25) is 0 Å². The van der Waals surface area contributed by atoms with Gasteiger partial charge in [-0.15, -0.1) is 0 Å². The predicted octanol–water partition coefficient (Wildman–Crippen LogP) is 3.62. The van der Waals surface area contributed by atoms with E-state index in [4.69, 9.17) is 16.3 Å². The van der Waals surface area contributed by atoms with Crippen LogP contribution >= 0.6 is 11.6 Å². The van der Waals surface area contributed by atoms with Crippen LogP contribution in [0.5, 0.6) is 11.5 Å². The van der Waals surface area contributed by atoms with E-state index in [0.717, 1.165) is 5.56 Å². The average molecular weight is 279 g/mol. The zero-order valence-electron chi connectivity index (χ0n) is 10.7. The highest BCUT2D eigenvalue weighted by molar-refractivity contribution is 6.29. The van der Waals surface area contributed by atoms with E-state index in [1.807, 2.05) is 25.1 Å². The monoisotopic (exact) mass is 278 g/mol. The summed E-state index contributed by atoms with van der Waals surface area (Å²) >= 11 is 5.84. The molecular weight excluding hydrogens is 264 g/mol. The first-order chi connectivity index (χ1) is 9.10. The lowest BCUT2D eigenvalue weighted by molar-refractivity contribution is 0.373. The third-order valence-corrected chi connectivity index (χ3v) is 2.99. The van der Waals surface area contributed by atoms with Gasteiger partial charge in [0.25, 0.3) is 0 Å². The Morgan fingerprint density at radius 2 is 2.11 bits per heavy atom. The normalized spacial score (nSPS) is 11.9. The van der Waals surface area contributed by atoms with Crippen molar-refractivity contribution in [2.45, 2.75) is 13.0 Å². The molecule has 0 saturated carbocycles. The minimum Gasteiger partial charge on any atom is -0.504 e. The van der Waals surface area contributed by atoms with Crippen molar-refractivity contribution in [1.82, 2.24) is 4.98 Å². The summed E-state index contributed by atoms with van der Waals surface area (Å²) in [7, 11) is 1.52. The molecule has 1 aromatic carbocycles. The number of ether oxygens (including phenoxy) is 1. The van der Waals surface area contributed by atoms with Crippen molar-refractivity contribution in [2.24, 2.45) is 0 Å². The number of methoxy groups -OCH3 is 1. The Bertz CT molecular complexity index is 575. The number of hydrogen-bond donors (Lipinski definition) is 2. The van der Waals surface area contributed by atoms with Gasteiger partial charge in [-0.3, -0.25) is 0 Å². The lowest BCUT2D eigenvalue weighted by Gasteiger charge is -2.16. The Hall–Kier alpha value is -1.94. The smallest absolute Gasteiger partial charge is 0.160 e. The number of pyridine rings is 1. The number of rotatable bonds is 4. The van der Waals surface area contributed by atoms with E-state index in [2.05, 4.69) is 10.3 Å². The molecular formula is C14H15ClN2O2. The maximum absolute atomic E-state index is 9.57. The topological polar surface area (TPSA) is 54.4 Å². The Morgan fingerprint density at radius 3 is 2.79 bits per heavy atom. The number of aromatic hydroxyl groups is 1. The molecule has 1 unspecified atom stereocenters. The van der Waals surface area contributed by atoms with Gasteiger partial charge in [0.1, 0.15) is 11.0 Å². The van der Waals surface area contributed by atoms with Crippen LogP contribution in [0, 0.1) is 0 Å². The molecule has 0 spiro atoms. The van der Waals surface area contributed by atoms with Crippen LogP contribution in [0.3, 0.4) is 0 Å². The van der Waals surface area contributed by atoms with E-state index in [0.29, 0.717) is 16.7 Å². The number of phenolic OH excluding ortho intramolecular Hbond substituents is 1. The molecule has 0 amide bonds. The van der Waals surface area contributed by atoms with Gasteiger partial charge in [-0.1, -0.05) is 23.7 Å². The molecule has 0 fully saturated rings. The Balaban J connectivity index is 2.18. The van der Waals surface area contributed by atoms with Crippen LogP contribution < -0.4 is 10.1 Å². The first-order valence-corrected chi connectivity index (χ1v) is 6.24. The maximum atomic E-state index is 9.57. The molecule has 4 nitrogen and oxygen atoms in total. The second-order valence-corrected chi connectivity index (χ2v) is 4.53. The lowest BCUT2D eigenvalue weighted by Crippen LogP contribution is -2.08. The molecule has 5 heteroatoms. The molecule has 0 saturated heterocycles. The zero-order chi connectivity index (χ0) is 13.8. The summed E-state index contributed by atoms with van der Waals surface area (Å²) in [6.07, 6.45) is 0. The van der Waals surface area contributed by atoms with Crippen LogP contribution in [0.2, 0.25) is 5.15 Å². The number of anilines is 1.